The highest BCUT2D eigenvalue weighted by molar-refractivity contribution is 6.33. The normalized spacial score (nSPS) is 10.7. The Morgan fingerprint density at radius 1 is 1.20 bits per heavy atom. The highest BCUT2D eigenvalue weighted by Gasteiger charge is 2.11. The van der Waals surface area contributed by atoms with Crippen LogP contribution < -0.4 is 0 Å². The highest BCUT2D eigenvalue weighted by atomic mass is 35.5. The van der Waals surface area contributed by atoms with Gasteiger partial charge in [-0.3, -0.25) is 4.90 Å². The van der Waals surface area contributed by atoms with Crippen molar-refractivity contribution in [2.75, 3.05) is 13.1 Å². The zero-order valence-electron chi connectivity index (χ0n) is 11.3. The van der Waals surface area contributed by atoms with Crippen LogP contribution in [0.15, 0.2) is 60.3 Å². The summed E-state index contributed by atoms with van der Waals surface area (Å²) in [5, 5.41) is 0.634. The van der Waals surface area contributed by atoms with Crippen molar-refractivity contribution in [3.63, 3.8) is 0 Å². The first-order valence-electron chi connectivity index (χ1n) is 6.38. The van der Waals surface area contributed by atoms with Gasteiger partial charge in [-0.05, 0) is 12.1 Å². The number of halogens is 1. The largest absolute Gasteiger partial charge is 0.444 e. The number of rotatable bonds is 7. The maximum Gasteiger partial charge on any atom is 0.227 e. The van der Waals surface area contributed by atoms with Crippen LogP contribution in [0.4, 0.5) is 0 Å². The molecule has 0 saturated heterocycles. The van der Waals surface area contributed by atoms with Crippen molar-refractivity contribution in [2.45, 2.75) is 6.54 Å². The van der Waals surface area contributed by atoms with Gasteiger partial charge in [0.1, 0.15) is 6.26 Å². The van der Waals surface area contributed by atoms with Gasteiger partial charge in [0.2, 0.25) is 5.89 Å². The number of hydrogen-bond acceptors (Lipinski definition) is 3. The van der Waals surface area contributed by atoms with E-state index in [4.69, 9.17) is 16.0 Å². The highest BCUT2D eigenvalue weighted by Crippen LogP contribution is 2.26. The fourth-order valence-electron chi connectivity index (χ4n) is 1.94. The predicted molar refractivity (Wildman–Crippen MR) is 82.6 cm³/mol. The van der Waals surface area contributed by atoms with E-state index in [1.165, 1.54) is 0 Å². The summed E-state index contributed by atoms with van der Waals surface area (Å²) in [7, 11) is 0. The molecule has 1 heterocycles. The summed E-state index contributed by atoms with van der Waals surface area (Å²) < 4.78 is 5.51. The molecule has 0 saturated carbocycles. The smallest absolute Gasteiger partial charge is 0.227 e. The standard InChI is InChI=1S/C16H17ClN2O/c1-3-9-19(10-4-2)11-13-12-20-16(18-13)14-7-5-6-8-15(14)17/h3-8,12H,1-2,9-11H2. The second kappa shape index (κ2) is 7.08. The third-order valence-corrected chi connectivity index (χ3v) is 3.15. The molecule has 2 rings (SSSR count). The third-order valence-electron chi connectivity index (χ3n) is 2.82. The van der Waals surface area contributed by atoms with Crippen LogP contribution in [0.2, 0.25) is 5.02 Å². The van der Waals surface area contributed by atoms with Crippen LogP contribution in [0.3, 0.4) is 0 Å². The fourth-order valence-corrected chi connectivity index (χ4v) is 2.15. The van der Waals surface area contributed by atoms with Gasteiger partial charge in [-0.1, -0.05) is 35.9 Å². The van der Waals surface area contributed by atoms with Crippen LogP contribution >= 0.6 is 11.6 Å². The van der Waals surface area contributed by atoms with Gasteiger partial charge in [-0.2, -0.15) is 0 Å². The maximum absolute atomic E-state index is 6.14. The van der Waals surface area contributed by atoms with Crippen LogP contribution in [-0.4, -0.2) is 23.0 Å². The second-order valence-corrected chi connectivity index (χ2v) is 4.80. The third kappa shape index (κ3) is 3.59. The Morgan fingerprint density at radius 2 is 1.90 bits per heavy atom. The van der Waals surface area contributed by atoms with Crippen molar-refractivity contribution in [3.05, 3.63) is 66.6 Å². The lowest BCUT2D eigenvalue weighted by atomic mass is 10.2. The van der Waals surface area contributed by atoms with Crippen molar-refractivity contribution in [1.82, 2.24) is 9.88 Å². The molecule has 0 aliphatic rings. The van der Waals surface area contributed by atoms with E-state index in [0.29, 0.717) is 17.5 Å². The molecule has 4 heteroatoms. The van der Waals surface area contributed by atoms with Crippen molar-refractivity contribution in [3.8, 4) is 11.5 Å². The molecule has 0 aliphatic heterocycles. The molecule has 0 bridgehead atoms. The number of benzene rings is 1. The molecule has 0 unspecified atom stereocenters. The molecule has 0 aliphatic carbocycles. The first kappa shape index (κ1) is 14.6. The molecule has 0 N–H and O–H groups in total. The Kier molecular flexibility index (Phi) is 5.16. The lowest BCUT2D eigenvalue weighted by molar-refractivity contribution is 0.323. The molecule has 2 aromatic rings. The lowest BCUT2D eigenvalue weighted by Crippen LogP contribution is -2.23. The molecule has 1 aromatic carbocycles. The van der Waals surface area contributed by atoms with E-state index in [9.17, 15) is 0 Å². The van der Waals surface area contributed by atoms with E-state index in [2.05, 4.69) is 23.0 Å². The SMILES string of the molecule is C=CCN(CC=C)Cc1coc(-c2ccccc2Cl)n1. The second-order valence-electron chi connectivity index (χ2n) is 4.40. The first-order valence-corrected chi connectivity index (χ1v) is 6.76. The minimum absolute atomic E-state index is 0.544. The van der Waals surface area contributed by atoms with Crippen LogP contribution in [0.25, 0.3) is 11.5 Å². The molecule has 104 valence electrons. The van der Waals surface area contributed by atoms with Gasteiger partial charge in [0.05, 0.1) is 16.3 Å². The molecular formula is C16H17ClN2O. The quantitative estimate of drug-likeness (QED) is 0.716. The molecule has 0 radical (unpaired) electrons. The van der Waals surface area contributed by atoms with E-state index in [-0.39, 0.29) is 0 Å². The predicted octanol–water partition coefficient (Wildman–Crippen LogP) is 4.17. The van der Waals surface area contributed by atoms with E-state index in [1.54, 1.807) is 6.26 Å². The summed E-state index contributed by atoms with van der Waals surface area (Å²) in [6, 6.07) is 7.50. The maximum atomic E-state index is 6.14. The molecule has 20 heavy (non-hydrogen) atoms. The average molecular weight is 289 g/mol. The van der Waals surface area contributed by atoms with Gasteiger partial charge in [0.15, 0.2) is 0 Å². The van der Waals surface area contributed by atoms with Gasteiger partial charge >= 0.3 is 0 Å². The average Bonchev–Trinajstić information content (AvgIpc) is 2.88. The van der Waals surface area contributed by atoms with Gasteiger partial charge < -0.3 is 4.42 Å². The van der Waals surface area contributed by atoms with Crippen molar-refractivity contribution in [1.29, 1.82) is 0 Å². The number of hydrogen-bond donors (Lipinski definition) is 0. The van der Waals surface area contributed by atoms with E-state index in [0.717, 1.165) is 24.3 Å². The van der Waals surface area contributed by atoms with Gasteiger partial charge in [-0.15, -0.1) is 13.2 Å². The van der Waals surface area contributed by atoms with Crippen LogP contribution in [0.1, 0.15) is 5.69 Å². The molecule has 0 spiro atoms. The van der Waals surface area contributed by atoms with E-state index in [1.807, 2.05) is 36.4 Å². The Balaban J connectivity index is 2.14. The fraction of sp³-hybridized carbons (Fsp3) is 0.188. The minimum atomic E-state index is 0.544. The summed E-state index contributed by atoms with van der Waals surface area (Å²) in [4.78, 5) is 6.65. The molecule has 1 aromatic heterocycles. The summed E-state index contributed by atoms with van der Waals surface area (Å²) in [5.74, 6) is 0.544. The zero-order valence-corrected chi connectivity index (χ0v) is 12.0. The van der Waals surface area contributed by atoms with Crippen LogP contribution in [0, 0.1) is 0 Å². The molecule has 0 atom stereocenters. The van der Waals surface area contributed by atoms with Crippen LogP contribution in [0.5, 0.6) is 0 Å². The topological polar surface area (TPSA) is 29.3 Å². The Labute approximate surface area is 124 Å². The Morgan fingerprint density at radius 3 is 2.55 bits per heavy atom. The number of nitrogens with zero attached hydrogens (tertiary/aromatic N) is 2. The molecular weight excluding hydrogens is 272 g/mol. The lowest BCUT2D eigenvalue weighted by Gasteiger charge is -2.16. The minimum Gasteiger partial charge on any atom is -0.444 e. The molecule has 0 fully saturated rings. The van der Waals surface area contributed by atoms with Gasteiger partial charge in [0, 0.05) is 19.6 Å². The number of oxazole rings is 1. The summed E-state index contributed by atoms with van der Waals surface area (Å²) in [6.45, 7) is 9.75. The molecule has 0 amide bonds. The van der Waals surface area contributed by atoms with E-state index >= 15 is 0 Å². The summed E-state index contributed by atoms with van der Waals surface area (Å²) in [5.41, 5.74) is 1.67. The number of aromatic nitrogens is 1. The summed E-state index contributed by atoms with van der Waals surface area (Å²) >= 11 is 6.14. The Hall–Kier alpha value is -1.84. The van der Waals surface area contributed by atoms with Crippen molar-refractivity contribution < 1.29 is 4.42 Å². The molecule has 3 nitrogen and oxygen atoms in total. The van der Waals surface area contributed by atoms with Crippen molar-refractivity contribution in [2.24, 2.45) is 0 Å². The van der Waals surface area contributed by atoms with Crippen LogP contribution in [-0.2, 0) is 6.54 Å². The van der Waals surface area contributed by atoms with Crippen molar-refractivity contribution >= 4 is 11.6 Å². The zero-order chi connectivity index (χ0) is 14.4. The van der Waals surface area contributed by atoms with E-state index < -0.39 is 0 Å². The monoisotopic (exact) mass is 288 g/mol. The Bertz CT molecular complexity index is 582. The first-order chi connectivity index (χ1) is 9.74. The van der Waals surface area contributed by atoms with Gasteiger partial charge in [0.25, 0.3) is 0 Å². The summed E-state index contributed by atoms with van der Waals surface area (Å²) in [6.07, 6.45) is 5.38. The van der Waals surface area contributed by atoms with Gasteiger partial charge in [-0.25, -0.2) is 4.98 Å².